The summed E-state index contributed by atoms with van der Waals surface area (Å²) in [5.74, 6) is 2.73. The van der Waals surface area contributed by atoms with Crippen molar-refractivity contribution >= 4 is 0 Å². The van der Waals surface area contributed by atoms with E-state index in [2.05, 4.69) is 24.0 Å². The number of nitrogens with zero attached hydrogens (tertiary/aromatic N) is 2. The maximum absolute atomic E-state index is 5.89. The maximum atomic E-state index is 5.89. The number of hydrogen-bond acceptors (Lipinski definition) is 5. The Morgan fingerprint density at radius 2 is 0.970 bits per heavy atom. The molecule has 2 aromatic carbocycles. The molecule has 0 fully saturated rings. The highest BCUT2D eigenvalue weighted by atomic mass is 16.5. The predicted octanol–water partition coefficient (Wildman–Crippen LogP) is 8.10. The Hall–Kier alpha value is -2.82. The number of benzene rings is 2. The minimum absolute atomic E-state index is 0.500. The molecule has 5 heteroatoms. The van der Waals surface area contributed by atoms with Gasteiger partial charge in [-0.1, -0.05) is 65.2 Å². The Bertz CT molecular complexity index is 904. The van der Waals surface area contributed by atoms with E-state index in [1.165, 1.54) is 44.9 Å². The molecule has 3 aromatic rings. The molecule has 0 unspecified atom stereocenters. The van der Waals surface area contributed by atoms with Crippen molar-refractivity contribution in [1.29, 1.82) is 0 Å². The number of ether oxygens (including phenoxy) is 2. The van der Waals surface area contributed by atoms with Crippen LogP contribution in [0.4, 0.5) is 0 Å². The third-order valence-corrected chi connectivity index (χ3v) is 5.66. The molecule has 0 aliphatic heterocycles. The average molecular weight is 451 g/mol. The lowest BCUT2D eigenvalue weighted by atomic mass is 10.1. The van der Waals surface area contributed by atoms with Crippen molar-refractivity contribution in [2.45, 2.75) is 78.1 Å². The molecule has 0 amide bonds. The summed E-state index contributed by atoms with van der Waals surface area (Å²) in [7, 11) is 0. The van der Waals surface area contributed by atoms with Crippen LogP contribution in [0.1, 0.15) is 78.1 Å². The van der Waals surface area contributed by atoms with Crippen LogP contribution < -0.4 is 9.47 Å². The Balaban J connectivity index is 1.42. The highest BCUT2D eigenvalue weighted by molar-refractivity contribution is 5.59. The molecule has 0 saturated carbocycles. The number of rotatable bonds is 16. The zero-order valence-corrected chi connectivity index (χ0v) is 20.2. The molecule has 0 N–H and O–H groups in total. The third kappa shape index (κ3) is 8.56. The van der Waals surface area contributed by atoms with Crippen LogP contribution in [0.5, 0.6) is 11.5 Å². The van der Waals surface area contributed by atoms with E-state index in [4.69, 9.17) is 13.9 Å². The maximum Gasteiger partial charge on any atom is 0.248 e. The van der Waals surface area contributed by atoms with Gasteiger partial charge in [-0.2, -0.15) is 0 Å². The number of unbranched alkanes of at least 4 members (excludes halogenated alkanes) is 8. The Morgan fingerprint density at radius 1 is 0.545 bits per heavy atom. The smallest absolute Gasteiger partial charge is 0.248 e. The fraction of sp³-hybridized carbons (Fsp3) is 0.500. The molecule has 0 atom stereocenters. The van der Waals surface area contributed by atoms with Crippen molar-refractivity contribution in [3.63, 3.8) is 0 Å². The van der Waals surface area contributed by atoms with Gasteiger partial charge in [0.25, 0.3) is 0 Å². The lowest BCUT2D eigenvalue weighted by Gasteiger charge is -2.06. The summed E-state index contributed by atoms with van der Waals surface area (Å²) in [5.41, 5.74) is 1.76. The quantitative estimate of drug-likeness (QED) is 0.206. The first-order chi connectivity index (χ1) is 16.3. The molecule has 0 spiro atoms. The standard InChI is InChI=1S/C28H38N2O3/c1-3-5-7-8-9-10-11-12-22-32-26-19-15-24(16-20-26)28-30-29-27(33-28)23-13-17-25(18-14-23)31-21-6-4-2/h13-20H,3-12,21-22H2,1-2H3. The summed E-state index contributed by atoms with van der Waals surface area (Å²) in [5, 5.41) is 8.41. The molecule has 1 heterocycles. The van der Waals surface area contributed by atoms with Gasteiger partial charge in [-0.05, 0) is 61.4 Å². The zero-order valence-electron chi connectivity index (χ0n) is 20.2. The minimum atomic E-state index is 0.500. The van der Waals surface area contributed by atoms with Crippen molar-refractivity contribution in [3.05, 3.63) is 48.5 Å². The van der Waals surface area contributed by atoms with Gasteiger partial charge in [-0.25, -0.2) is 0 Å². The lowest BCUT2D eigenvalue weighted by molar-refractivity contribution is 0.304. The summed E-state index contributed by atoms with van der Waals surface area (Å²) in [6.45, 7) is 5.91. The third-order valence-electron chi connectivity index (χ3n) is 5.66. The van der Waals surface area contributed by atoms with E-state index < -0.39 is 0 Å². The summed E-state index contributed by atoms with van der Waals surface area (Å²) in [6, 6.07) is 15.6. The van der Waals surface area contributed by atoms with E-state index in [0.717, 1.165) is 55.1 Å². The fourth-order valence-corrected chi connectivity index (χ4v) is 3.60. The molecule has 5 nitrogen and oxygen atoms in total. The van der Waals surface area contributed by atoms with Crippen LogP contribution in [0.25, 0.3) is 22.9 Å². The lowest BCUT2D eigenvalue weighted by Crippen LogP contribution is -1.97. The van der Waals surface area contributed by atoms with Gasteiger partial charge < -0.3 is 13.9 Å². The van der Waals surface area contributed by atoms with Crippen molar-refractivity contribution in [2.75, 3.05) is 13.2 Å². The van der Waals surface area contributed by atoms with Crippen LogP contribution in [-0.4, -0.2) is 23.4 Å². The summed E-state index contributed by atoms with van der Waals surface area (Å²) in [4.78, 5) is 0. The predicted molar refractivity (Wildman–Crippen MR) is 134 cm³/mol. The van der Waals surface area contributed by atoms with Crippen LogP contribution in [0, 0.1) is 0 Å². The van der Waals surface area contributed by atoms with Crippen LogP contribution >= 0.6 is 0 Å². The highest BCUT2D eigenvalue weighted by Crippen LogP contribution is 2.27. The first-order valence-corrected chi connectivity index (χ1v) is 12.6. The fourth-order valence-electron chi connectivity index (χ4n) is 3.60. The van der Waals surface area contributed by atoms with E-state index in [-0.39, 0.29) is 0 Å². The second kappa shape index (κ2) is 14.4. The molecule has 3 rings (SSSR count). The van der Waals surface area contributed by atoms with Crippen molar-refractivity contribution in [1.82, 2.24) is 10.2 Å². The second-order valence-corrected chi connectivity index (χ2v) is 8.49. The van der Waals surface area contributed by atoms with Crippen LogP contribution in [0.2, 0.25) is 0 Å². The van der Waals surface area contributed by atoms with Gasteiger partial charge >= 0.3 is 0 Å². The molecule has 0 radical (unpaired) electrons. The molecule has 0 aliphatic rings. The Kier molecular flexibility index (Phi) is 10.8. The van der Waals surface area contributed by atoms with Crippen LogP contribution in [-0.2, 0) is 0 Å². The number of hydrogen-bond donors (Lipinski definition) is 0. The molecule has 1 aromatic heterocycles. The largest absolute Gasteiger partial charge is 0.494 e. The second-order valence-electron chi connectivity index (χ2n) is 8.49. The molecule has 0 aliphatic carbocycles. The zero-order chi connectivity index (χ0) is 23.1. The molecule has 0 bridgehead atoms. The first kappa shape index (κ1) is 24.8. The molecule has 178 valence electrons. The minimum Gasteiger partial charge on any atom is -0.494 e. The van der Waals surface area contributed by atoms with E-state index in [1.54, 1.807) is 0 Å². The van der Waals surface area contributed by atoms with Gasteiger partial charge in [-0.3, -0.25) is 0 Å². The van der Waals surface area contributed by atoms with Crippen LogP contribution in [0.3, 0.4) is 0 Å². The molecule has 33 heavy (non-hydrogen) atoms. The molecular weight excluding hydrogens is 412 g/mol. The topological polar surface area (TPSA) is 57.4 Å². The van der Waals surface area contributed by atoms with Gasteiger partial charge in [0.1, 0.15) is 11.5 Å². The van der Waals surface area contributed by atoms with Crippen molar-refractivity contribution in [3.8, 4) is 34.4 Å². The molecular formula is C28H38N2O3. The Labute approximate surface area is 198 Å². The molecule has 0 saturated heterocycles. The van der Waals surface area contributed by atoms with Gasteiger partial charge in [0.15, 0.2) is 0 Å². The van der Waals surface area contributed by atoms with Crippen molar-refractivity contribution in [2.24, 2.45) is 0 Å². The van der Waals surface area contributed by atoms with Gasteiger partial charge in [0.2, 0.25) is 11.8 Å². The van der Waals surface area contributed by atoms with Crippen molar-refractivity contribution < 1.29 is 13.9 Å². The normalized spacial score (nSPS) is 11.0. The summed E-state index contributed by atoms with van der Waals surface area (Å²) in [6.07, 6.45) is 12.6. The van der Waals surface area contributed by atoms with Gasteiger partial charge in [0.05, 0.1) is 13.2 Å². The number of aromatic nitrogens is 2. The Morgan fingerprint density at radius 3 is 1.45 bits per heavy atom. The van der Waals surface area contributed by atoms with Crippen LogP contribution in [0.15, 0.2) is 52.9 Å². The van der Waals surface area contributed by atoms with E-state index in [1.807, 2.05) is 48.5 Å². The van der Waals surface area contributed by atoms with E-state index in [9.17, 15) is 0 Å². The van der Waals surface area contributed by atoms with Gasteiger partial charge in [-0.15, -0.1) is 10.2 Å². The average Bonchev–Trinajstić information content (AvgIpc) is 3.34. The van der Waals surface area contributed by atoms with E-state index >= 15 is 0 Å². The SMILES string of the molecule is CCCCCCCCCCOc1ccc(-c2nnc(-c3ccc(OCCCC)cc3)o2)cc1. The highest BCUT2D eigenvalue weighted by Gasteiger charge is 2.11. The van der Waals surface area contributed by atoms with E-state index in [0.29, 0.717) is 11.8 Å². The monoisotopic (exact) mass is 450 g/mol. The summed E-state index contributed by atoms with van der Waals surface area (Å²) < 4.78 is 17.5. The first-order valence-electron chi connectivity index (χ1n) is 12.6. The summed E-state index contributed by atoms with van der Waals surface area (Å²) >= 11 is 0. The van der Waals surface area contributed by atoms with Gasteiger partial charge in [0, 0.05) is 11.1 Å².